The third-order valence-electron chi connectivity index (χ3n) is 4.64. The second-order valence-electron chi connectivity index (χ2n) is 6.86. The highest BCUT2D eigenvalue weighted by atomic mass is 79.9. The van der Waals surface area contributed by atoms with Crippen molar-refractivity contribution in [2.45, 2.75) is 26.2 Å². The maximum absolute atomic E-state index is 12.3. The van der Waals surface area contributed by atoms with E-state index < -0.39 is 0 Å². The molecule has 0 radical (unpaired) electrons. The Hall–Kier alpha value is -2.84. The first kappa shape index (κ1) is 20.4. The SMILES string of the molecule is Cc1sc(NC(=O)CCCc2nc3ccccc3c(=O)[nH]2)nc1-c1ccc(Br)cc1. The van der Waals surface area contributed by atoms with E-state index >= 15 is 0 Å². The Morgan fingerprint density at radius 2 is 1.90 bits per heavy atom. The van der Waals surface area contributed by atoms with Gasteiger partial charge in [-0.1, -0.05) is 40.2 Å². The van der Waals surface area contributed by atoms with Crippen LogP contribution in [0.1, 0.15) is 23.5 Å². The fourth-order valence-corrected chi connectivity index (χ4v) is 4.29. The molecule has 0 aliphatic rings. The Balaban J connectivity index is 1.36. The van der Waals surface area contributed by atoms with Gasteiger partial charge in [-0.2, -0.15) is 0 Å². The van der Waals surface area contributed by atoms with Gasteiger partial charge < -0.3 is 10.3 Å². The van der Waals surface area contributed by atoms with Crippen LogP contribution in [0, 0.1) is 6.92 Å². The zero-order valence-corrected chi connectivity index (χ0v) is 18.6. The number of aromatic nitrogens is 3. The van der Waals surface area contributed by atoms with Crippen LogP contribution < -0.4 is 10.9 Å². The smallest absolute Gasteiger partial charge is 0.258 e. The van der Waals surface area contributed by atoms with Crippen LogP contribution in [0.15, 0.2) is 57.8 Å². The number of benzene rings is 2. The van der Waals surface area contributed by atoms with E-state index in [1.807, 2.05) is 49.4 Å². The molecule has 0 atom stereocenters. The van der Waals surface area contributed by atoms with Crippen LogP contribution in [0.25, 0.3) is 22.2 Å². The Morgan fingerprint density at radius 3 is 2.70 bits per heavy atom. The van der Waals surface area contributed by atoms with Gasteiger partial charge in [-0.15, -0.1) is 11.3 Å². The number of fused-ring (bicyclic) bond motifs is 1. The number of H-pyrrole nitrogens is 1. The van der Waals surface area contributed by atoms with Gasteiger partial charge in [0.05, 0.1) is 16.6 Å². The number of amides is 1. The van der Waals surface area contributed by atoms with Crippen molar-refractivity contribution in [1.29, 1.82) is 0 Å². The van der Waals surface area contributed by atoms with E-state index in [2.05, 4.69) is 36.2 Å². The molecule has 2 N–H and O–H groups in total. The summed E-state index contributed by atoms with van der Waals surface area (Å²) in [6.45, 7) is 1.99. The maximum atomic E-state index is 12.3. The summed E-state index contributed by atoms with van der Waals surface area (Å²) in [5.41, 5.74) is 2.40. The molecule has 0 unspecified atom stereocenters. The van der Waals surface area contributed by atoms with Crippen LogP contribution in [-0.4, -0.2) is 20.9 Å². The molecule has 0 aliphatic heterocycles. The lowest BCUT2D eigenvalue weighted by Gasteiger charge is -2.04. The molecule has 0 aliphatic carbocycles. The quantitative estimate of drug-likeness (QED) is 0.401. The normalized spacial score (nSPS) is 11.0. The number of anilines is 1. The van der Waals surface area contributed by atoms with Gasteiger partial charge in [0.25, 0.3) is 5.56 Å². The van der Waals surface area contributed by atoms with E-state index in [1.54, 1.807) is 6.07 Å². The minimum Gasteiger partial charge on any atom is -0.310 e. The first-order chi connectivity index (χ1) is 14.5. The Bertz CT molecular complexity index is 1260. The topological polar surface area (TPSA) is 87.7 Å². The molecule has 6 nitrogen and oxygen atoms in total. The van der Waals surface area contributed by atoms with Crippen molar-refractivity contribution in [2.75, 3.05) is 5.32 Å². The number of halogens is 1. The summed E-state index contributed by atoms with van der Waals surface area (Å²) < 4.78 is 1.01. The molecule has 1 amide bonds. The molecule has 0 saturated carbocycles. The number of aryl methyl sites for hydroxylation is 2. The van der Waals surface area contributed by atoms with Crippen LogP contribution in [0.2, 0.25) is 0 Å². The zero-order valence-electron chi connectivity index (χ0n) is 16.2. The highest BCUT2D eigenvalue weighted by Crippen LogP contribution is 2.31. The summed E-state index contributed by atoms with van der Waals surface area (Å²) in [5, 5.41) is 4.04. The number of nitrogens with one attached hydrogen (secondary N) is 2. The molecule has 2 heterocycles. The summed E-state index contributed by atoms with van der Waals surface area (Å²) in [6, 6.07) is 15.2. The largest absolute Gasteiger partial charge is 0.310 e. The zero-order chi connectivity index (χ0) is 21.1. The molecule has 2 aromatic heterocycles. The van der Waals surface area contributed by atoms with Crippen LogP contribution in [0.4, 0.5) is 5.13 Å². The molecule has 8 heteroatoms. The molecule has 152 valence electrons. The highest BCUT2D eigenvalue weighted by Gasteiger charge is 2.12. The van der Waals surface area contributed by atoms with Gasteiger partial charge in [0.1, 0.15) is 5.82 Å². The van der Waals surface area contributed by atoms with Gasteiger partial charge >= 0.3 is 0 Å². The van der Waals surface area contributed by atoms with Gasteiger partial charge in [0.2, 0.25) is 5.91 Å². The van der Waals surface area contributed by atoms with Gasteiger partial charge in [0.15, 0.2) is 5.13 Å². The molecule has 2 aromatic carbocycles. The monoisotopic (exact) mass is 482 g/mol. The van der Waals surface area contributed by atoms with Crippen molar-refractivity contribution in [3.05, 3.63) is 74.1 Å². The van der Waals surface area contributed by atoms with E-state index in [0.29, 0.717) is 41.1 Å². The number of hydrogen-bond acceptors (Lipinski definition) is 5. The third kappa shape index (κ3) is 4.66. The molecule has 30 heavy (non-hydrogen) atoms. The van der Waals surface area contributed by atoms with Crippen LogP contribution >= 0.6 is 27.3 Å². The number of para-hydroxylation sites is 1. The molecule has 0 fully saturated rings. The van der Waals surface area contributed by atoms with E-state index in [9.17, 15) is 9.59 Å². The van der Waals surface area contributed by atoms with Crippen LogP contribution in [0.5, 0.6) is 0 Å². The Kier molecular flexibility index (Phi) is 6.06. The lowest BCUT2D eigenvalue weighted by molar-refractivity contribution is -0.116. The van der Waals surface area contributed by atoms with Crippen molar-refractivity contribution >= 4 is 49.2 Å². The number of hydrogen-bond donors (Lipinski definition) is 2. The average Bonchev–Trinajstić information content (AvgIpc) is 3.08. The van der Waals surface area contributed by atoms with Gasteiger partial charge in [0, 0.05) is 27.8 Å². The second kappa shape index (κ2) is 8.89. The minimum atomic E-state index is -0.154. The van der Waals surface area contributed by atoms with E-state index in [4.69, 9.17) is 0 Å². The first-order valence-corrected chi connectivity index (χ1v) is 11.1. The Labute approximate surface area is 185 Å². The number of aromatic amines is 1. The highest BCUT2D eigenvalue weighted by molar-refractivity contribution is 9.10. The number of rotatable bonds is 6. The fourth-order valence-electron chi connectivity index (χ4n) is 3.18. The summed E-state index contributed by atoms with van der Waals surface area (Å²) in [6.07, 6.45) is 1.42. The second-order valence-corrected chi connectivity index (χ2v) is 8.98. The molecule has 0 bridgehead atoms. The Morgan fingerprint density at radius 1 is 1.13 bits per heavy atom. The fraction of sp³-hybridized carbons (Fsp3) is 0.182. The molecular weight excluding hydrogens is 464 g/mol. The predicted octanol–water partition coefficient (Wildman–Crippen LogP) is 5.08. The van der Waals surface area contributed by atoms with Crippen LogP contribution in [-0.2, 0) is 11.2 Å². The molecule has 0 saturated heterocycles. The number of nitrogens with zero attached hydrogens (tertiary/aromatic N) is 2. The van der Waals surface area contributed by atoms with Gasteiger partial charge in [-0.25, -0.2) is 9.97 Å². The van der Waals surface area contributed by atoms with Crippen molar-refractivity contribution in [3.8, 4) is 11.3 Å². The lowest BCUT2D eigenvalue weighted by atomic mass is 10.1. The van der Waals surface area contributed by atoms with Crippen molar-refractivity contribution in [2.24, 2.45) is 0 Å². The molecule has 4 rings (SSSR count). The number of thiazole rings is 1. The first-order valence-electron chi connectivity index (χ1n) is 9.51. The van der Waals surface area contributed by atoms with E-state index in [1.165, 1.54) is 11.3 Å². The average molecular weight is 483 g/mol. The summed E-state index contributed by atoms with van der Waals surface area (Å²) in [7, 11) is 0. The van der Waals surface area contributed by atoms with Crippen molar-refractivity contribution in [1.82, 2.24) is 15.0 Å². The molecule has 4 aromatic rings. The van der Waals surface area contributed by atoms with Crippen LogP contribution in [0.3, 0.4) is 0 Å². The molecular formula is C22H19BrN4O2S. The van der Waals surface area contributed by atoms with Crippen molar-refractivity contribution in [3.63, 3.8) is 0 Å². The minimum absolute atomic E-state index is 0.103. The summed E-state index contributed by atoms with van der Waals surface area (Å²) in [4.78, 5) is 37.3. The van der Waals surface area contributed by atoms with E-state index in [-0.39, 0.29) is 11.5 Å². The summed E-state index contributed by atoms with van der Waals surface area (Å²) in [5.74, 6) is 0.489. The van der Waals surface area contributed by atoms with Gasteiger partial charge in [-0.05, 0) is 37.6 Å². The van der Waals surface area contributed by atoms with Crippen molar-refractivity contribution < 1.29 is 4.79 Å². The number of carbonyl (C=O) groups is 1. The third-order valence-corrected chi connectivity index (χ3v) is 6.05. The van der Waals surface area contributed by atoms with Gasteiger partial charge in [-0.3, -0.25) is 9.59 Å². The number of carbonyl (C=O) groups excluding carboxylic acids is 1. The summed E-state index contributed by atoms with van der Waals surface area (Å²) >= 11 is 4.89. The molecule has 0 spiro atoms. The standard InChI is InChI=1S/C22H19BrN4O2S/c1-13-20(14-9-11-15(23)12-10-14)27-22(30-13)26-19(28)8-4-7-18-24-17-6-3-2-5-16(17)21(29)25-18/h2-3,5-6,9-12H,4,7-8H2,1H3,(H,24,25,29)(H,26,27,28). The predicted molar refractivity (Wildman–Crippen MR) is 124 cm³/mol. The maximum Gasteiger partial charge on any atom is 0.258 e. The van der Waals surface area contributed by atoms with E-state index in [0.717, 1.165) is 20.6 Å². The lowest BCUT2D eigenvalue weighted by Crippen LogP contribution is -2.14.